The third kappa shape index (κ3) is 3.38. The number of nitrogens with one attached hydrogen (secondary N) is 1. The molecule has 2 rings (SSSR count). The van der Waals surface area contributed by atoms with Crippen molar-refractivity contribution in [2.75, 3.05) is 20.1 Å². The zero-order valence-electron chi connectivity index (χ0n) is 12.4. The minimum Gasteiger partial charge on any atom is -0.308 e. The Morgan fingerprint density at radius 2 is 2.21 bits per heavy atom. The van der Waals surface area contributed by atoms with Gasteiger partial charge in [-0.2, -0.15) is 5.10 Å². The van der Waals surface area contributed by atoms with Crippen LogP contribution in [0.15, 0.2) is 4.47 Å². The summed E-state index contributed by atoms with van der Waals surface area (Å²) in [5, 5.41) is 8.26. The van der Waals surface area contributed by atoms with Crippen molar-refractivity contribution in [3.8, 4) is 0 Å². The largest absolute Gasteiger partial charge is 0.308 e. The molecule has 0 aliphatic carbocycles. The first-order chi connectivity index (χ1) is 9.02. The molecule has 1 aliphatic rings. The molecule has 0 aromatic carbocycles. The Morgan fingerprint density at radius 3 is 2.84 bits per heavy atom. The Kier molecular flexibility index (Phi) is 5.03. The number of piperidine rings is 1. The fourth-order valence-electron chi connectivity index (χ4n) is 2.92. The van der Waals surface area contributed by atoms with Crippen LogP contribution in [0.1, 0.15) is 31.7 Å². The van der Waals surface area contributed by atoms with E-state index in [-0.39, 0.29) is 0 Å². The van der Waals surface area contributed by atoms with Gasteiger partial charge in [-0.1, -0.05) is 6.92 Å². The molecule has 0 amide bonds. The van der Waals surface area contributed by atoms with E-state index in [0.29, 0.717) is 12.0 Å². The van der Waals surface area contributed by atoms with Gasteiger partial charge in [-0.15, -0.1) is 0 Å². The molecule has 0 radical (unpaired) electrons. The molecule has 4 nitrogen and oxygen atoms in total. The van der Waals surface area contributed by atoms with Crippen molar-refractivity contribution < 1.29 is 0 Å². The van der Waals surface area contributed by atoms with Crippen molar-refractivity contribution in [1.29, 1.82) is 0 Å². The van der Waals surface area contributed by atoms with Gasteiger partial charge < -0.3 is 10.2 Å². The number of likely N-dealkylation sites (tertiary alicyclic amines) is 1. The maximum atomic E-state index is 4.55. The number of nitrogens with zero attached hydrogens (tertiary/aromatic N) is 3. The first kappa shape index (κ1) is 15.0. The highest BCUT2D eigenvalue weighted by atomic mass is 79.9. The number of hydrogen-bond acceptors (Lipinski definition) is 3. The monoisotopic (exact) mass is 328 g/mol. The molecule has 1 saturated heterocycles. The second-order valence-corrected chi connectivity index (χ2v) is 6.47. The normalized spacial score (nSPS) is 24.9. The second kappa shape index (κ2) is 6.37. The molecule has 108 valence electrons. The van der Waals surface area contributed by atoms with E-state index in [1.54, 1.807) is 0 Å². The summed E-state index contributed by atoms with van der Waals surface area (Å²) in [6, 6.07) is 0.614. The summed E-state index contributed by atoms with van der Waals surface area (Å²) in [4.78, 5) is 2.42. The standard InChI is InChI=1S/C14H25BrN4/c1-5-19-13(14(15)11(3)17-19)8-16-12-6-7-18(4)9-10(12)2/h10,12,16H,5-9H2,1-4H3. The maximum Gasteiger partial charge on any atom is 0.0739 e. The summed E-state index contributed by atoms with van der Waals surface area (Å²) in [6.07, 6.45) is 1.23. The zero-order chi connectivity index (χ0) is 14.0. The molecule has 1 aromatic rings. The van der Waals surface area contributed by atoms with E-state index < -0.39 is 0 Å². The maximum absolute atomic E-state index is 4.55. The van der Waals surface area contributed by atoms with Crippen LogP contribution < -0.4 is 5.32 Å². The van der Waals surface area contributed by atoms with Crippen LogP contribution in [0.25, 0.3) is 0 Å². The lowest BCUT2D eigenvalue weighted by Gasteiger charge is -2.35. The van der Waals surface area contributed by atoms with Gasteiger partial charge in [-0.05, 0) is 55.7 Å². The lowest BCUT2D eigenvalue weighted by atomic mass is 9.94. The summed E-state index contributed by atoms with van der Waals surface area (Å²) >= 11 is 3.66. The van der Waals surface area contributed by atoms with E-state index in [2.05, 4.69) is 63.7 Å². The van der Waals surface area contributed by atoms with Crippen LogP contribution in [-0.4, -0.2) is 40.9 Å². The highest BCUT2D eigenvalue weighted by molar-refractivity contribution is 9.10. The van der Waals surface area contributed by atoms with Crippen LogP contribution in [0, 0.1) is 12.8 Å². The zero-order valence-corrected chi connectivity index (χ0v) is 14.0. The van der Waals surface area contributed by atoms with E-state index in [0.717, 1.165) is 23.3 Å². The predicted molar refractivity (Wildman–Crippen MR) is 82.2 cm³/mol. The van der Waals surface area contributed by atoms with Gasteiger partial charge in [0.05, 0.1) is 15.9 Å². The van der Waals surface area contributed by atoms with Crippen molar-refractivity contribution in [1.82, 2.24) is 20.0 Å². The van der Waals surface area contributed by atoms with Gasteiger partial charge in [0, 0.05) is 25.7 Å². The van der Waals surface area contributed by atoms with Crippen LogP contribution in [0.2, 0.25) is 0 Å². The fourth-order valence-corrected chi connectivity index (χ4v) is 3.35. The lowest BCUT2D eigenvalue weighted by Crippen LogP contribution is -2.46. The van der Waals surface area contributed by atoms with Crippen molar-refractivity contribution in [2.24, 2.45) is 5.92 Å². The van der Waals surface area contributed by atoms with E-state index in [9.17, 15) is 0 Å². The highest BCUT2D eigenvalue weighted by Crippen LogP contribution is 2.22. The van der Waals surface area contributed by atoms with Crippen molar-refractivity contribution in [3.63, 3.8) is 0 Å². The number of aryl methyl sites for hydroxylation is 2. The Balaban J connectivity index is 1.99. The predicted octanol–water partition coefficient (Wildman–Crippen LogP) is 2.40. The first-order valence-corrected chi connectivity index (χ1v) is 7.96. The van der Waals surface area contributed by atoms with Gasteiger partial charge in [0.15, 0.2) is 0 Å². The average molecular weight is 329 g/mol. The minimum atomic E-state index is 0.614. The molecule has 0 saturated carbocycles. The topological polar surface area (TPSA) is 33.1 Å². The molecular weight excluding hydrogens is 304 g/mol. The molecule has 1 aromatic heterocycles. The number of rotatable bonds is 4. The summed E-state index contributed by atoms with van der Waals surface area (Å²) in [6.45, 7) is 10.7. The van der Waals surface area contributed by atoms with Crippen molar-refractivity contribution in [3.05, 3.63) is 15.9 Å². The Morgan fingerprint density at radius 1 is 1.47 bits per heavy atom. The molecule has 0 bridgehead atoms. The van der Waals surface area contributed by atoms with E-state index in [4.69, 9.17) is 0 Å². The van der Waals surface area contributed by atoms with Gasteiger partial charge >= 0.3 is 0 Å². The lowest BCUT2D eigenvalue weighted by molar-refractivity contribution is 0.173. The summed E-state index contributed by atoms with van der Waals surface area (Å²) in [5.41, 5.74) is 2.35. The van der Waals surface area contributed by atoms with Crippen LogP contribution >= 0.6 is 15.9 Å². The fraction of sp³-hybridized carbons (Fsp3) is 0.786. The third-order valence-electron chi connectivity index (χ3n) is 4.09. The molecule has 19 heavy (non-hydrogen) atoms. The molecule has 2 heterocycles. The van der Waals surface area contributed by atoms with Crippen molar-refractivity contribution >= 4 is 15.9 Å². The smallest absolute Gasteiger partial charge is 0.0739 e. The quantitative estimate of drug-likeness (QED) is 0.921. The SMILES string of the molecule is CCn1nc(C)c(Br)c1CNC1CCN(C)CC1C. The Bertz CT molecular complexity index is 429. The van der Waals surface area contributed by atoms with Gasteiger partial charge in [0.25, 0.3) is 0 Å². The minimum absolute atomic E-state index is 0.614. The Hall–Kier alpha value is -0.390. The van der Waals surface area contributed by atoms with Gasteiger partial charge in [0.2, 0.25) is 0 Å². The van der Waals surface area contributed by atoms with Crippen LogP contribution in [0.5, 0.6) is 0 Å². The number of hydrogen-bond donors (Lipinski definition) is 1. The molecule has 1 N–H and O–H groups in total. The molecule has 2 unspecified atom stereocenters. The summed E-state index contributed by atoms with van der Waals surface area (Å²) < 4.78 is 3.24. The highest BCUT2D eigenvalue weighted by Gasteiger charge is 2.24. The first-order valence-electron chi connectivity index (χ1n) is 7.16. The van der Waals surface area contributed by atoms with E-state index >= 15 is 0 Å². The summed E-state index contributed by atoms with van der Waals surface area (Å²) in [7, 11) is 2.21. The Labute approximate surface area is 124 Å². The number of halogens is 1. The van der Waals surface area contributed by atoms with Gasteiger partial charge in [-0.25, -0.2) is 0 Å². The van der Waals surface area contributed by atoms with Crippen LogP contribution in [0.4, 0.5) is 0 Å². The van der Waals surface area contributed by atoms with E-state index in [1.807, 2.05) is 0 Å². The summed E-state index contributed by atoms with van der Waals surface area (Å²) in [5.74, 6) is 0.705. The average Bonchev–Trinajstić information content (AvgIpc) is 2.65. The molecule has 5 heteroatoms. The second-order valence-electron chi connectivity index (χ2n) is 5.68. The third-order valence-corrected chi connectivity index (χ3v) is 5.12. The molecule has 1 aliphatic heterocycles. The van der Waals surface area contributed by atoms with Gasteiger partial charge in [0.1, 0.15) is 0 Å². The number of aromatic nitrogens is 2. The molecule has 0 spiro atoms. The van der Waals surface area contributed by atoms with Gasteiger partial charge in [-0.3, -0.25) is 4.68 Å². The van der Waals surface area contributed by atoms with E-state index in [1.165, 1.54) is 25.2 Å². The van der Waals surface area contributed by atoms with Crippen molar-refractivity contribution in [2.45, 2.75) is 46.3 Å². The van der Waals surface area contributed by atoms with Crippen LogP contribution in [-0.2, 0) is 13.1 Å². The molecule has 1 fully saturated rings. The molecule has 2 atom stereocenters. The van der Waals surface area contributed by atoms with Crippen LogP contribution in [0.3, 0.4) is 0 Å². The molecular formula is C14H25BrN4.